The number of nitrogens with zero attached hydrogens (tertiary/aromatic N) is 2. The lowest BCUT2D eigenvalue weighted by Crippen LogP contribution is -1.91. The highest BCUT2D eigenvalue weighted by molar-refractivity contribution is 6.30. The molecule has 0 fully saturated rings. The minimum Gasteiger partial charge on any atom is -0.382 e. The van der Waals surface area contributed by atoms with Gasteiger partial charge in [-0.2, -0.15) is 5.10 Å². The van der Waals surface area contributed by atoms with Crippen LogP contribution < -0.4 is 5.73 Å². The number of aromatic amines is 1. The first-order valence-corrected chi connectivity index (χ1v) is 4.52. The maximum atomic E-state index is 5.72. The monoisotopic (exact) mass is 208 g/mol. The van der Waals surface area contributed by atoms with E-state index in [9.17, 15) is 0 Å². The minimum atomic E-state index is 0.494. The number of hydrogen-bond acceptors (Lipinski definition) is 3. The molecule has 0 saturated carbocycles. The van der Waals surface area contributed by atoms with Crippen LogP contribution in [0.5, 0.6) is 0 Å². The SMILES string of the molecule is Nc1cc(Cc2ccc(Cl)cn2)[nH]n1. The van der Waals surface area contributed by atoms with Crippen molar-refractivity contribution < 1.29 is 0 Å². The molecule has 0 aromatic carbocycles. The van der Waals surface area contributed by atoms with Crippen molar-refractivity contribution in [3.05, 3.63) is 40.8 Å². The van der Waals surface area contributed by atoms with E-state index in [1.807, 2.05) is 12.1 Å². The van der Waals surface area contributed by atoms with Gasteiger partial charge in [-0.25, -0.2) is 0 Å². The molecule has 3 N–H and O–H groups in total. The van der Waals surface area contributed by atoms with Gasteiger partial charge in [-0.3, -0.25) is 10.1 Å². The Morgan fingerprint density at radius 3 is 2.86 bits per heavy atom. The zero-order valence-electron chi connectivity index (χ0n) is 7.37. The van der Waals surface area contributed by atoms with E-state index in [1.165, 1.54) is 0 Å². The number of nitrogens with two attached hydrogens (primary N) is 1. The van der Waals surface area contributed by atoms with Crippen LogP contribution in [0.4, 0.5) is 5.82 Å². The third-order valence-corrected chi connectivity index (χ3v) is 2.03. The second-order valence-electron chi connectivity index (χ2n) is 2.96. The molecule has 0 aliphatic carbocycles. The number of nitrogens with one attached hydrogen (secondary N) is 1. The average Bonchev–Trinajstić information content (AvgIpc) is 2.56. The molecular weight excluding hydrogens is 200 g/mol. The lowest BCUT2D eigenvalue weighted by Gasteiger charge is -1.96. The number of anilines is 1. The van der Waals surface area contributed by atoms with E-state index < -0.39 is 0 Å². The number of H-pyrrole nitrogens is 1. The summed E-state index contributed by atoms with van der Waals surface area (Å²) in [6.45, 7) is 0. The first-order valence-electron chi connectivity index (χ1n) is 4.14. The van der Waals surface area contributed by atoms with Crippen molar-refractivity contribution in [3.8, 4) is 0 Å². The molecule has 0 spiro atoms. The summed E-state index contributed by atoms with van der Waals surface area (Å²) in [6.07, 6.45) is 2.30. The molecular formula is C9H9ClN4. The number of hydrogen-bond donors (Lipinski definition) is 2. The molecule has 0 aliphatic rings. The van der Waals surface area contributed by atoms with Crippen molar-refractivity contribution in [1.82, 2.24) is 15.2 Å². The molecule has 14 heavy (non-hydrogen) atoms. The molecule has 0 bridgehead atoms. The quantitative estimate of drug-likeness (QED) is 0.788. The molecule has 0 unspecified atom stereocenters. The summed E-state index contributed by atoms with van der Waals surface area (Å²) >= 11 is 5.72. The summed E-state index contributed by atoms with van der Waals surface area (Å²) < 4.78 is 0. The molecule has 0 amide bonds. The molecule has 2 heterocycles. The van der Waals surface area contributed by atoms with Crippen LogP contribution in [0.25, 0.3) is 0 Å². The lowest BCUT2D eigenvalue weighted by atomic mass is 10.2. The van der Waals surface area contributed by atoms with Gasteiger partial charge >= 0.3 is 0 Å². The number of rotatable bonds is 2. The lowest BCUT2D eigenvalue weighted by molar-refractivity contribution is 0.969. The molecule has 2 rings (SSSR count). The summed E-state index contributed by atoms with van der Waals surface area (Å²) in [5, 5.41) is 7.29. The van der Waals surface area contributed by atoms with Gasteiger partial charge in [0.05, 0.1) is 5.02 Å². The number of halogens is 1. The van der Waals surface area contributed by atoms with Crippen molar-refractivity contribution >= 4 is 17.4 Å². The summed E-state index contributed by atoms with van der Waals surface area (Å²) in [5.74, 6) is 0.494. The van der Waals surface area contributed by atoms with Gasteiger partial charge in [0.15, 0.2) is 0 Å². The van der Waals surface area contributed by atoms with Crippen LogP contribution in [0, 0.1) is 0 Å². The molecule has 0 radical (unpaired) electrons. The highest BCUT2D eigenvalue weighted by Crippen LogP contribution is 2.10. The molecule has 0 saturated heterocycles. The Morgan fingerprint density at radius 1 is 1.43 bits per heavy atom. The van der Waals surface area contributed by atoms with E-state index in [4.69, 9.17) is 17.3 Å². The Bertz CT molecular complexity index is 421. The van der Waals surface area contributed by atoms with Gasteiger partial charge in [-0.1, -0.05) is 11.6 Å². The second kappa shape index (κ2) is 3.67. The first-order chi connectivity index (χ1) is 6.74. The fraction of sp³-hybridized carbons (Fsp3) is 0.111. The Morgan fingerprint density at radius 2 is 2.29 bits per heavy atom. The summed E-state index contributed by atoms with van der Waals surface area (Å²) in [5.41, 5.74) is 7.34. The van der Waals surface area contributed by atoms with Crippen LogP contribution in [-0.2, 0) is 6.42 Å². The van der Waals surface area contributed by atoms with Crippen LogP contribution in [0.15, 0.2) is 24.4 Å². The Kier molecular flexibility index (Phi) is 2.37. The maximum absolute atomic E-state index is 5.72. The topological polar surface area (TPSA) is 67.6 Å². The number of aromatic nitrogens is 3. The van der Waals surface area contributed by atoms with Gasteiger partial charge in [0.1, 0.15) is 5.82 Å². The van der Waals surface area contributed by atoms with Crippen LogP contribution >= 0.6 is 11.6 Å². The average molecular weight is 209 g/mol. The predicted octanol–water partition coefficient (Wildman–Crippen LogP) is 1.63. The second-order valence-corrected chi connectivity index (χ2v) is 3.40. The fourth-order valence-electron chi connectivity index (χ4n) is 1.18. The van der Waals surface area contributed by atoms with Crippen LogP contribution in [-0.4, -0.2) is 15.2 Å². The van der Waals surface area contributed by atoms with Crippen molar-refractivity contribution in [1.29, 1.82) is 0 Å². The molecule has 0 aliphatic heterocycles. The Balaban J connectivity index is 2.15. The van der Waals surface area contributed by atoms with E-state index in [0.29, 0.717) is 17.3 Å². The normalized spacial score (nSPS) is 10.4. The molecule has 2 aromatic heterocycles. The zero-order valence-corrected chi connectivity index (χ0v) is 8.12. The van der Waals surface area contributed by atoms with E-state index in [0.717, 1.165) is 11.4 Å². The molecule has 0 atom stereocenters. The van der Waals surface area contributed by atoms with Gasteiger partial charge in [0.25, 0.3) is 0 Å². The zero-order chi connectivity index (χ0) is 9.97. The molecule has 5 heteroatoms. The van der Waals surface area contributed by atoms with E-state index in [1.54, 1.807) is 12.3 Å². The molecule has 2 aromatic rings. The smallest absolute Gasteiger partial charge is 0.145 e. The predicted molar refractivity (Wildman–Crippen MR) is 55.1 cm³/mol. The van der Waals surface area contributed by atoms with Crippen LogP contribution in [0.2, 0.25) is 5.02 Å². The van der Waals surface area contributed by atoms with Crippen LogP contribution in [0.3, 0.4) is 0 Å². The summed E-state index contributed by atoms with van der Waals surface area (Å²) in [4.78, 5) is 4.16. The van der Waals surface area contributed by atoms with Gasteiger partial charge in [0, 0.05) is 30.1 Å². The molecule has 72 valence electrons. The maximum Gasteiger partial charge on any atom is 0.145 e. The summed E-state index contributed by atoms with van der Waals surface area (Å²) in [6, 6.07) is 5.47. The number of nitrogen functional groups attached to an aromatic ring is 1. The number of pyridine rings is 1. The Labute approximate surface area is 86.1 Å². The van der Waals surface area contributed by atoms with Gasteiger partial charge < -0.3 is 5.73 Å². The largest absolute Gasteiger partial charge is 0.382 e. The minimum absolute atomic E-state index is 0.494. The standard InChI is InChI=1S/C9H9ClN4/c10-6-1-2-7(12-5-6)3-8-4-9(11)14-13-8/h1-2,4-5H,3H2,(H3,11,13,14). The van der Waals surface area contributed by atoms with Crippen molar-refractivity contribution in [3.63, 3.8) is 0 Å². The van der Waals surface area contributed by atoms with Gasteiger partial charge in [0.2, 0.25) is 0 Å². The summed E-state index contributed by atoms with van der Waals surface area (Å²) in [7, 11) is 0. The third-order valence-electron chi connectivity index (χ3n) is 1.81. The van der Waals surface area contributed by atoms with Gasteiger partial charge in [-0.05, 0) is 12.1 Å². The van der Waals surface area contributed by atoms with Crippen molar-refractivity contribution in [2.75, 3.05) is 5.73 Å². The van der Waals surface area contributed by atoms with Crippen LogP contribution in [0.1, 0.15) is 11.4 Å². The highest BCUT2D eigenvalue weighted by Gasteiger charge is 2.00. The highest BCUT2D eigenvalue weighted by atomic mass is 35.5. The molecule has 4 nitrogen and oxygen atoms in total. The fourth-order valence-corrected chi connectivity index (χ4v) is 1.29. The third kappa shape index (κ3) is 2.03. The van der Waals surface area contributed by atoms with Crippen molar-refractivity contribution in [2.45, 2.75) is 6.42 Å². The first kappa shape index (κ1) is 9.02. The van der Waals surface area contributed by atoms with Gasteiger partial charge in [-0.15, -0.1) is 0 Å². The Hall–Kier alpha value is -1.55. The van der Waals surface area contributed by atoms with E-state index in [2.05, 4.69) is 15.2 Å². The van der Waals surface area contributed by atoms with Crippen molar-refractivity contribution in [2.24, 2.45) is 0 Å². The van der Waals surface area contributed by atoms with E-state index in [-0.39, 0.29) is 0 Å². The van der Waals surface area contributed by atoms with E-state index >= 15 is 0 Å².